The van der Waals surface area contributed by atoms with Crippen LogP contribution in [0.4, 0.5) is 0 Å². The van der Waals surface area contributed by atoms with Crippen LogP contribution in [0.15, 0.2) is 4.99 Å². The van der Waals surface area contributed by atoms with E-state index in [-0.39, 0.29) is 11.3 Å². The van der Waals surface area contributed by atoms with Crippen molar-refractivity contribution in [3.63, 3.8) is 0 Å². The van der Waals surface area contributed by atoms with Gasteiger partial charge >= 0.3 is 0 Å². The molecule has 3 aliphatic heterocycles. The maximum Gasteiger partial charge on any atom is 0.225 e. The largest absolute Gasteiger partial charge is 0.374 e. The summed E-state index contributed by atoms with van der Waals surface area (Å²) in [6.07, 6.45) is 3.40. The van der Waals surface area contributed by atoms with Gasteiger partial charge in [-0.15, -0.1) is 0 Å². The summed E-state index contributed by atoms with van der Waals surface area (Å²) in [7, 11) is 1.83. The van der Waals surface area contributed by atoms with Gasteiger partial charge < -0.3 is 20.3 Å². The summed E-state index contributed by atoms with van der Waals surface area (Å²) in [5, 5.41) is 6.34. The van der Waals surface area contributed by atoms with Crippen molar-refractivity contribution >= 4 is 11.9 Å². The molecule has 130 valence electrons. The van der Waals surface area contributed by atoms with Gasteiger partial charge in [0, 0.05) is 50.5 Å². The van der Waals surface area contributed by atoms with Gasteiger partial charge in [0.25, 0.3) is 0 Å². The molecule has 3 rings (SSSR count). The fourth-order valence-corrected chi connectivity index (χ4v) is 4.08. The van der Waals surface area contributed by atoms with Crippen LogP contribution in [-0.4, -0.2) is 62.2 Å². The van der Waals surface area contributed by atoms with Gasteiger partial charge in [0.2, 0.25) is 5.91 Å². The topological polar surface area (TPSA) is 66.0 Å². The van der Waals surface area contributed by atoms with E-state index in [1.165, 1.54) is 12.8 Å². The van der Waals surface area contributed by atoms with Crippen LogP contribution in [0.25, 0.3) is 0 Å². The monoisotopic (exact) mass is 322 g/mol. The van der Waals surface area contributed by atoms with Crippen molar-refractivity contribution in [3.8, 4) is 0 Å². The number of aliphatic imine (C=N–C) groups is 1. The summed E-state index contributed by atoms with van der Waals surface area (Å²) < 4.78 is 6.02. The fourth-order valence-electron chi connectivity index (χ4n) is 4.08. The maximum absolute atomic E-state index is 11.9. The standard InChI is InChI=1S/C17H30N4O2/c1-17(2,3)15(22)19-7-8-20-16(18-4)21-9-11-12(10-21)14-6-5-13(11)23-14/h11-14H,5-10H2,1-4H3,(H,18,20)(H,19,22). The van der Waals surface area contributed by atoms with E-state index in [0.29, 0.717) is 37.1 Å². The Balaban J connectivity index is 1.44. The predicted octanol–water partition coefficient (Wildman–Crippen LogP) is 0.833. The van der Waals surface area contributed by atoms with E-state index in [9.17, 15) is 4.79 Å². The van der Waals surface area contributed by atoms with Crippen molar-refractivity contribution in [2.75, 3.05) is 33.2 Å². The van der Waals surface area contributed by atoms with Crippen molar-refractivity contribution in [3.05, 3.63) is 0 Å². The number of hydrogen-bond donors (Lipinski definition) is 2. The van der Waals surface area contributed by atoms with Gasteiger partial charge in [-0.1, -0.05) is 20.8 Å². The SMILES string of the molecule is CN=C(NCCNC(=O)C(C)(C)C)N1CC2C3CCC(O3)C2C1. The minimum absolute atomic E-state index is 0.0821. The number of hydrogen-bond acceptors (Lipinski definition) is 3. The van der Waals surface area contributed by atoms with Gasteiger partial charge in [-0.25, -0.2) is 0 Å². The highest BCUT2D eigenvalue weighted by molar-refractivity contribution is 5.82. The second-order valence-electron chi connectivity index (χ2n) is 8.00. The minimum Gasteiger partial charge on any atom is -0.374 e. The summed E-state index contributed by atoms with van der Waals surface area (Å²) in [6, 6.07) is 0. The van der Waals surface area contributed by atoms with Crippen LogP contribution in [-0.2, 0) is 9.53 Å². The first kappa shape index (κ1) is 16.6. The minimum atomic E-state index is -0.340. The van der Waals surface area contributed by atoms with E-state index in [1.807, 2.05) is 27.8 Å². The Bertz CT molecular complexity index is 467. The molecule has 23 heavy (non-hydrogen) atoms. The van der Waals surface area contributed by atoms with E-state index in [1.54, 1.807) is 0 Å². The third kappa shape index (κ3) is 3.32. The Hall–Kier alpha value is -1.30. The molecule has 3 aliphatic rings. The van der Waals surface area contributed by atoms with E-state index < -0.39 is 0 Å². The van der Waals surface area contributed by atoms with E-state index >= 15 is 0 Å². The number of fused-ring (bicyclic) bond motifs is 5. The first-order valence-corrected chi connectivity index (χ1v) is 8.79. The molecule has 6 nitrogen and oxygen atoms in total. The number of guanidine groups is 1. The highest BCUT2D eigenvalue weighted by Crippen LogP contribution is 2.47. The number of carbonyl (C=O) groups excluding carboxylic acids is 1. The van der Waals surface area contributed by atoms with Crippen LogP contribution in [0.3, 0.4) is 0 Å². The van der Waals surface area contributed by atoms with Crippen molar-refractivity contribution in [2.24, 2.45) is 22.2 Å². The molecule has 6 heteroatoms. The highest BCUT2D eigenvalue weighted by Gasteiger charge is 2.53. The maximum atomic E-state index is 11.9. The smallest absolute Gasteiger partial charge is 0.225 e. The summed E-state index contributed by atoms with van der Waals surface area (Å²) in [6.45, 7) is 9.17. The lowest BCUT2D eigenvalue weighted by molar-refractivity contribution is -0.128. The lowest BCUT2D eigenvalue weighted by atomic mass is 9.82. The normalized spacial score (nSPS) is 33.0. The quantitative estimate of drug-likeness (QED) is 0.459. The lowest BCUT2D eigenvalue weighted by Gasteiger charge is -2.24. The zero-order valence-corrected chi connectivity index (χ0v) is 14.8. The molecule has 3 fully saturated rings. The Morgan fingerprint density at radius 1 is 1.13 bits per heavy atom. The van der Waals surface area contributed by atoms with E-state index in [0.717, 1.165) is 19.0 Å². The first-order valence-electron chi connectivity index (χ1n) is 8.79. The second kappa shape index (κ2) is 6.30. The number of amides is 1. The summed E-state index contributed by atoms with van der Waals surface area (Å²) >= 11 is 0. The number of rotatable bonds is 3. The van der Waals surface area contributed by atoms with Gasteiger partial charge in [0.05, 0.1) is 12.2 Å². The van der Waals surface area contributed by atoms with E-state index in [4.69, 9.17) is 4.74 Å². The van der Waals surface area contributed by atoms with Gasteiger partial charge in [-0.05, 0) is 12.8 Å². The van der Waals surface area contributed by atoms with Crippen molar-refractivity contribution in [1.29, 1.82) is 0 Å². The van der Waals surface area contributed by atoms with Crippen LogP contribution in [0.2, 0.25) is 0 Å². The van der Waals surface area contributed by atoms with Crippen LogP contribution < -0.4 is 10.6 Å². The molecular formula is C17H30N4O2. The summed E-state index contributed by atoms with van der Waals surface area (Å²) in [5.41, 5.74) is -0.340. The van der Waals surface area contributed by atoms with Gasteiger partial charge in [-0.3, -0.25) is 9.79 Å². The molecule has 3 saturated heterocycles. The molecule has 0 aromatic carbocycles. The van der Waals surface area contributed by atoms with Gasteiger partial charge in [-0.2, -0.15) is 0 Å². The Morgan fingerprint density at radius 3 is 2.22 bits per heavy atom. The highest BCUT2D eigenvalue weighted by atomic mass is 16.5. The molecule has 4 unspecified atom stereocenters. The average Bonchev–Trinajstić information content (AvgIpc) is 3.18. The lowest BCUT2D eigenvalue weighted by Crippen LogP contribution is -2.45. The third-order valence-electron chi connectivity index (χ3n) is 5.34. The van der Waals surface area contributed by atoms with Crippen molar-refractivity contribution in [2.45, 2.75) is 45.8 Å². The molecule has 3 heterocycles. The van der Waals surface area contributed by atoms with Crippen LogP contribution in [0, 0.1) is 17.3 Å². The van der Waals surface area contributed by atoms with Crippen LogP contribution >= 0.6 is 0 Å². The molecule has 0 aliphatic carbocycles. The number of carbonyl (C=O) groups is 1. The average molecular weight is 322 g/mol. The first-order chi connectivity index (χ1) is 10.9. The van der Waals surface area contributed by atoms with Gasteiger partial charge in [0.1, 0.15) is 0 Å². The van der Waals surface area contributed by atoms with Crippen LogP contribution in [0.5, 0.6) is 0 Å². The fraction of sp³-hybridized carbons (Fsp3) is 0.882. The molecule has 0 radical (unpaired) electrons. The molecule has 0 saturated carbocycles. The molecule has 2 bridgehead atoms. The summed E-state index contributed by atoms with van der Waals surface area (Å²) in [5.74, 6) is 2.38. The Morgan fingerprint density at radius 2 is 1.70 bits per heavy atom. The Kier molecular flexibility index (Phi) is 4.54. The molecule has 0 aromatic heterocycles. The zero-order chi connectivity index (χ0) is 16.6. The van der Waals surface area contributed by atoms with E-state index in [2.05, 4.69) is 20.5 Å². The molecule has 0 aromatic rings. The third-order valence-corrected chi connectivity index (χ3v) is 5.34. The predicted molar refractivity (Wildman–Crippen MR) is 90.3 cm³/mol. The number of ether oxygens (including phenoxy) is 1. The van der Waals surface area contributed by atoms with Crippen molar-refractivity contribution in [1.82, 2.24) is 15.5 Å². The number of nitrogens with zero attached hydrogens (tertiary/aromatic N) is 2. The Labute approximate surface area is 139 Å². The molecule has 2 N–H and O–H groups in total. The zero-order valence-electron chi connectivity index (χ0n) is 14.8. The number of nitrogens with one attached hydrogen (secondary N) is 2. The van der Waals surface area contributed by atoms with Crippen LogP contribution in [0.1, 0.15) is 33.6 Å². The second-order valence-corrected chi connectivity index (χ2v) is 8.00. The molecule has 1 amide bonds. The van der Waals surface area contributed by atoms with Crippen molar-refractivity contribution < 1.29 is 9.53 Å². The van der Waals surface area contributed by atoms with Gasteiger partial charge in [0.15, 0.2) is 5.96 Å². The molecule has 4 atom stereocenters. The number of likely N-dealkylation sites (tertiary alicyclic amines) is 1. The molecule has 0 spiro atoms. The summed E-state index contributed by atoms with van der Waals surface area (Å²) in [4.78, 5) is 18.6. The molecular weight excluding hydrogens is 292 g/mol.